The van der Waals surface area contributed by atoms with Crippen LogP contribution >= 0.6 is 0 Å². The quantitative estimate of drug-likeness (QED) is 0.192. The molecule has 0 aromatic heterocycles. The molecule has 170 valence electrons. The first kappa shape index (κ1) is 28.1. The SMILES string of the molecule is CCCCCCCCCCCCCC[N+](C)(C)C.O=S(=O)([O-])Cc1ccccc1. The van der Waals surface area contributed by atoms with Crippen molar-refractivity contribution in [2.75, 3.05) is 27.7 Å². The zero-order valence-electron chi connectivity index (χ0n) is 19.4. The van der Waals surface area contributed by atoms with Gasteiger partial charge in [0.2, 0.25) is 0 Å². The summed E-state index contributed by atoms with van der Waals surface area (Å²) in [4.78, 5) is 0. The first-order valence-corrected chi connectivity index (χ1v) is 13.0. The predicted molar refractivity (Wildman–Crippen MR) is 124 cm³/mol. The van der Waals surface area contributed by atoms with Gasteiger partial charge in [0.1, 0.15) is 0 Å². The van der Waals surface area contributed by atoms with Gasteiger partial charge < -0.3 is 9.04 Å². The molecule has 0 saturated carbocycles. The highest BCUT2D eigenvalue weighted by Gasteiger charge is 2.04. The highest BCUT2D eigenvalue weighted by Crippen LogP contribution is 2.12. The number of rotatable bonds is 15. The Labute approximate surface area is 181 Å². The minimum absolute atomic E-state index is 0.423. The van der Waals surface area contributed by atoms with Gasteiger partial charge in [-0.2, -0.15) is 0 Å². The van der Waals surface area contributed by atoms with Crippen LogP contribution in [0.2, 0.25) is 0 Å². The summed E-state index contributed by atoms with van der Waals surface area (Å²) >= 11 is 0. The third kappa shape index (κ3) is 23.2. The number of hydrogen-bond acceptors (Lipinski definition) is 3. The van der Waals surface area contributed by atoms with Crippen molar-refractivity contribution >= 4 is 10.1 Å². The molecule has 0 bridgehead atoms. The molecule has 0 atom stereocenters. The number of nitrogens with zero attached hydrogens (tertiary/aromatic N) is 1. The van der Waals surface area contributed by atoms with Gasteiger partial charge in [-0.1, -0.05) is 101 Å². The van der Waals surface area contributed by atoms with Crippen molar-refractivity contribution in [3.05, 3.63) is 35.9 Å². The van der Waals surface area contributed by atoms with E-state index in [0.29, 0.717) is 5.56 Å². The number of benzene rings is 1. The van der Waals surface area contributed by atoms with Crippen LogP contribution < -0.4 is 0 Å². The van der Waals surface area contributed by atoms with Crippen LogP contribution in [-0.4, -0.2) is 45.1 Å². The first-order valence-electron chi connectivity index (χ1n) is 11.4. The van der Waals surface area contributed by atoms with E-state index in [4.69, 9.17) is 0 Å². The van der Waals surface area contributed by atoms with E-state index in [-0.39, 0.29) is 0 Å². The van der Waals surface area contributed by atoms with Crippen LogP contribution in [0.15, 0.2) is 30.3 Å². The topological polar surface area (TPSA) is 57.2 Å². The van der Waals surface area contributed by atoms with Crippen molar-refractivity contribution in [2.45, 2.75) is 89.7 Å². The molecular weight excluding hydrogens is 382 g/mol. The maximum absolute atomic E-state index is 10.2. The molecular formula is C24H45NO3S. The minimum Gasteiger partial charge on any atom is -0.748 e. The summed E-state index contributed by atoms with van der Waals surface area (Å²) in [6.07, 6.45) is 17.4. The number of hydrogen-bond donors (Lipinski definition) is 0. The number of quaternary nitrogens is 1. The zero-order chi connectivity index (χ0) is 22.0. The summed E-state index contributed by atoms with van der Waals surface area (Å²) < 4.78 is 31.9. The van der Waals surface area contributed by atoms with Gasteiger partial charge in [0.15, 0.2) is 0 Å². The van der Waals surface area contributed by atoms with E-state index in [0.717, 1.165) is 4.48 Å². The first-order chi connectivity index (χ1) is 13.6. The lowest BCUT2D eigenvalue weighted by molar-refractivity contribution is -0.870. The Morgan fingerprint density at radius 1 is 0.724 bits per heavy atom. The maximum atomic E-state index is 10.2. The summed E-state index contributed by atoms with van der Waals surface area (Å²) in [5.74, 6) is -0.423. The Bertz CT molecular complexity index is 580. The van der Waals surface area contributed by atoms with E-state index < -0.39 is 15.9 Å². The highest BCUT2D eigenvalue weighted by atomic mass is 32.2. The molecule has 0 aliphatic carbocycles. The van der Waals surface area contributed by atoms with Crippen LogP contribution in [0.1, 0.15) is 89.5 Å². The van der Waals surface area contributed by atoms with Crippen LogP contribution in [0.3, 0.4) is 0 Å². The van der Waals surface area contributed by atoms with Crippen LogP contribution in [0, 0.1) is 0 Å². The van der Waals surface area contributed by atoms with Crippen molar-refractivity contribution < 1.29 is 17.5 Å². The van der Waals surface area contributed by atoms with Crippen molar-refractivity contribution in [1.82, 2.24) is 0 Å². The molecule has 0 N–H and O–H groups in total. The lowest BCUT2D eigenvalue weighted by Crippen LogP contribution is -2.35. The Kier molecular flexibility index (Phi) is 16.3. The predicted octanol–water partition coefficient (Wildman–Crippen LogP) is 6.13. The molecule has 29 heavy (non-hydrogen) atoms. The van der Waals surface area contributed by atoms with Gasteiger partial charge in [-0.15, -0.1) is 0 Å². The van der Waals surface area contributed by atoms with Crippen molar-refractivity contribution in [2.24, 2.45) is 0 Å². The van der Waals surface area contributed by atoms with E-state index in [2.05, 4.69) is 28.1 Å². The largest absolute Gasteiger partial charge is 0.748 e. The second-order valence-electron chi connectivity index (χ2n) is 9.09. The van der Waals surface area contributed by atoms with Crippen LogP contribution in [0.25, 0.3) is 0 Å². The molecule has 1 aromatic carbocycles. The van der Waals surface area contributed by atoms with Crippen molar-refractivity contribution in [3.63, 3.8) is 0 Å². The van der Waals surface area contributed by atoms with Gasteiger partial charge in [-0.25, -0.2) is 8.42 Å². The Hall–Kier alpha value is -0.910. The fourth-order valence-corrected chi connectivity index (χ4v) is 3.81. The van der Waals surface area contributed by atoms with Gasteiger partial charge in [-0.05, 0) is 18.4 Å². The van der Waals surface area contributed by atoms with Crippen LogP contribution in [0.4, 0.5) is 0 Å². The van der Waals surface area contributed by atoms with E-state index >= 15 is 0 Å². The molecule has 5 heteroatoms. The van der Waals surface area contributed by atoms with Crippen molar-refractivity contribution in [1.29, 1.82) is 0 Å². The second kappa shape index (κ2) is 16.8. The Morgan fingerprint density at radius 2 is 1.14 bits per heavy atom. The van der Waals surface area contributed by atoms with Gasteiger partial charge in [-0.3, -0.25) is 0 Å². The molecule has 0 radical (unpaired) electrons. The normalized spacial score (nSPS) is 11.8. The molecule has 0 heterocycles. The van der Waals surface area contributed by atoms with Gasteiger partial charge in [0.25, 0.3) is 0 Å². The Morgan fingerprint density at radius 3 is 1.52 bits per heavy atom. The molecule has 0 fully saturated rings. The Balaban J connectivity index is 0.000000604. The third-order valence-corrected chi connectivity index (χ3v) is 5.56. The summed E-state index contributed by atoms with van der Waals surface area (Å²) in [5.41, 5.74) is 0.530. The second-order valence-corrected chi connectivity index (χ2v) is 10.5. The molecule has 1 rings (SSSR count). The molecule has 0 aliphatic rings. The van der Waals surface area contributed by atoms with Crippen LogP contribution in [-0.2, 0) is 15.9 Å². The van der Waals surface area contributed by atoms with E-state index in [1.807, 2.05) is 0 Å². The van der Waals surface area contributed by atoms with Gasteiger partial charge in [0.05, 0.1) is 43.6 Å². The van der Waals surface area contributed by atoms with Crippen molar-refractivity contribution in [3.8, 4) is 0 Å². The maximum Gasteiger partial charge on any atom is 0.0988 e. The lowest BCUT2D eigenvalue weighted by atomic mass is 10.1. The van der Waals surface area contributed by atoms with E-state index in [9.17, 15) is 13.0 Å². The zero-order valence-corrected chi connectivity index (χ0v) is 20.2. The average Bonchev–Trinajstić information content (AvgIpc) is 2.62. The summed E-state index contributed by atoms with van der Waals surface area (Å²) in [5, 5.41) is 0. The number of unbranched alkanes of at least 4 members (excludes halogenated alkanes) is 11. The summed E-state index contributed by atoms with van der Waals surface area (Å²) in [6.45, 7) is 3.62. The van der Waals surface area contributed by atoms with E-state index in [1.165, 1.54) is 83.6 Å². The molecule has 0 saturated heterocycles. The molecule has 4 nitrogen and oxygen atoms in total. The highest BCUT2D eigenvalue weighted by molar-refractivity contribution is 7.84. The third-order valence-electron chi connectivity index (χ3n) is 4.87. The molecule has 0 unspecified atom stereocenters. The summed E-state index contributed by atoms with van der Waals surface area (Å²) in [6, 6.07) is 8.37. The molecule has 0 aliphatic heterocycles. The molecule has 1 aromatic rings. The average molecular weight is 428 g/mol. The van der Waals surface area contributed by atoms with Gasteiger partial charge >= 0.3 is 0 Å². The fraction of sp³-hybridized carbons (Fsp3) is 0.750. The van der Waals surface area contributed by atoms with Crippen LogP contribution in [0.5, 0.6) is 0 Å². The molecule has 0 amide bonds. The molecule has 0 spiro atoms. The smallest absolute Gasteiger partial charge is 0.0988 e. The fourth-order valence-electron chi connectivity index (χ4n) is 3.21. The standard InChI is InChI=1S/C17H38N.C7H8O3S/c1-5-6-7-8-9-10-11-12-13-14-15-16-17-18(2,3)4;8-11(9,10)6-7-4-2-1-3-5-7/h5-17H2,1-4H3;1-5H,6H2,(H,8,9,10)/q+1;/p-1. The lowest BCUT2D eigenvalue weighted by Gasteiger charge is -2.23. The van der Waals surface area contributed by atoms with Gasteiger partial charge in [0, 0.05) is 0 Å². The summed E-state index contributed by atoms with van der Waals surface area (Å²) in [7, 11) is 2.74. The monoisotopic (exact) mass is 427 g/mol. The minimum atomic E-state index is -4.13. The van der Waals surface area contributed by atoms with E-state index in [1.54, 1.807) is 30.3 Å².